The zero-order valence-electron chi connectivity index (χ0n) is 29.8. The Labute approximate surface area is 272 Å². The molecule has 1 amide bonds. The highest BCUT2D eigenvalue weighted by molar-refractivity contribution is 5.89. The molecule has 5 aliphatic rings. The lowest BCUT2D eigenvalue weighted by Crippen LogP contribution is -2.65. The number of rotatable bonds is 5. The van der Waals surface area contributed by atoms with Gasteiger partial charge in [0.2, 0.25) is 5.91 Å². The monoisotopic (exact) mass is 617 g/mol. The van der Waals surface area contributed by atoms with E-state index in [-0.39, 0.29) is 50.8 Å². The summed E-state index contributed by atoms with van der Waals surface area (Å²) in [6.45, 7) is 21.5. The Bertz CT molecular complexity index is 1400. The molecule has 3 fully saturated rings. The molecule has 0 bridgehead atoms. The molecule has 0 unspecified atom stereocenters. The third-order valence-corrected chi connectivity index (χ3v) is 14.7. The fourth-order valence-corrected chi connectivity index (χ4v) is 12.1. The highest BCUT2D eigenvalue weighted by Gasteiger charge is 2.69. The number of esters is 1. The lowest BCUT2D eigenvalue weighted by molar-refractivity contribution is -0.169. The minimum absolute atomic E-state index is 0.0117. The zero-order valence-corrected chi connectivity index (χ0v) is 29.8. The van der Waals surface area contributed by atoms with E-state index in [1.165, 1.54) is 31.3 Å². The van der Waals surface area contributed by atoms with Gasteiger partial charge in [-0.2, -0.15) is 0 Å². The van der Waals surface area contributed by atoms with Gasteiger partial charge in [0, 0.05) is 17.8 Å². The van der Waals surface area contributed by atoms with Gasteiger partial charge in [-0.1, -0.05) is 74.0 Å². The van der Waals surface area contributed by atoms with Gasteiger partial charge >= 0.3 is 5.97 Å². The van der Waals surface area contributed by atoms with Crippen LogP contribution in [-0.4, -0.2) is 35.0 Å². The molecule has 0 aromatic carbocycles. The maximum Gasteiger partial charge on any atom is 0.328 e. The second kappa shape index (κ2) is 10.6. The lowest BCUT2D eigenvalue weighted by Gasteiger charge is -2.70. The number of carbonyl (C=O) groups excluding carboxylic acids is 2. The minimum atomic E-state index is -0.598. The number of hydrogen-bond donors (Lipinski definition) is 1. The number of carbonyl (C=O) groups is 2. The van der Waals surface area contributed by atoms with Crippen molar-refractivity contribution in [3.8, 4) is 0 Å². The maximum atomic E-state index is 14.6. The van der Waals surface area contributed by atoms with Crippen LogP contribution in [0.1, 0.15) is 131 Å². The normalized spacial score (nSPS) is 40.0. The van der Waals surface area contributed by atoms with Gasteiger partial charge in [-0.05, 0) is 110 Å². The van der Waals surface area contributed by atoms with Crippen LogP contribution in [0.4, 0.5) is 0 Å². The molecule has 6 rings (SSSR count). The molecule has 6 nitrogen and oxygen atoms in total. The quantitative estimate of drug-likeness (QED) is 0.268. The van der Waals surface area contributed by atoms with Gasteiger partial charge in [-0.15, -0.1) is 0 Å². The minimum Gasteiger partial charge on any atom is -0.467 e. The van der Waals surface area contributed by atoms with Crippen LogP contribution in [0.5, 0.6) is 0 Å². The molecule has 1 aromatic rings. The maximum absolute atomic E-state index is 14.6. The third kappa shape index (κ3) is 4.68. The predicted molar refractivity (Wildman–Crippen MR) is 178 cm³/mol. The Hall–Kier alpha value is -2.24. The van der Waals surface area contributed by atoms with Crippen molar-refractivity contribution in [2.45, 2.75) is 138 Å². The number of fused-ring (bicyclic) bond motifs is 8. The summed E-state index contributed by atoms with van der Waals surface area (Å²) in [6.07, 6.45) is 16.3. The van der Waals surface area contributed by atoms with Crippen molar-refractivity contribution >= 4 is 11.9 Å². The average molecular weight is 618 g/mol. The number of nitrogens with one attached hydrogen (secondary N) is 1. The molecule has 5 aliphatic carbocycles. The molecule has 0 spiro atoms. The smallest absolute Gasteiger partial charge is 0.328 e. The molecule has 45 heavy (non-hydrogen) atoms. The van der Waals surface area contributed by atoms with Gasteiger partial charge < -0.3 is 10.1 Å². The highest BCUT2D eigenvalue weighted by atomic mass is 16.5. The fraction of sp³-hybridized carbons (Fsp3) is 0.795. The summed E-state index contributed by atoms with van der Waals surface area (Å²) >= 11 is 0. The Morgan fingerprint density at radius 2 is 1.64 bits per heavy atom. The summed E-state index contributed by atoms with van der Waals surface area (Å²) in [7, 11) is 1.43. The standard InChI is InChI=1S/C39H59N3O3/c1-24(2)21-27(32(43)45-10)42-33(44)39-17-15-34(3,4)22-26(39)25-11-12-30-36(7)23-28-31(41-20-19-40-28)35(5,6)29(36)13-14-38(30,9)37(25,8)16-18-39/h11,19-20,24,26-27,29-30H,12-18,21-23H2,1-10H3,(H,42,44)/t26-,27-,29-,30+,36-,37+,38+,39-/m0/s1. The van der Waals surface area contributed by atoms with Gasteiger partial charge in [-0.3, -0.25) is 14.8 Å². The van der Waals surface area contributed by atoms with Crippen molar-refractivity contribution in [1.82, 2.24) is 15.3 Å². The van der Waals surface area contributed by atoms with E-state index in [4.69, 9.17) is 14.7 Å². The first-order valence-corrected chi connectivity index (χ1v) is 17.8. The molecule has 0 radical (unpaired) electrons. The highest BCUT2D eigenvalue weighted by Crippen LogP contribution is 2.75. The molecular weight excluding hydrogens is 558 g/mol. The average Bonchev–Trinajstić information content (AvgIpc) is 2.96. The first-order valence-electron chi connectivity index (χ1n) is 17.8. The van der Waals surface area contributed by atoms with Crippen LogP contribution in [0.25, 0.3) is 0 Å². The summed E-state index contributed by atoms with van der Waals surface area (Å²) in [5, 5.41) is 3.27. The molecule has 1 aromatic heterocycles. The summed E-state index contributed by atoms with van der Waals surface area (Å²) in [5.74, 6) is 1.31. The van der Waals surface area contributed by atoms with Crippen LogP contribution < -0.4 is 5.32 Å². The van der Waals surface area contributed by atoms with Crippen molar-refractivity contribution in [2.24, 2.45) is 50.7 Å². The Morgan fingerprint density at radius 3 is 2.33 bits per heavy atom. The summed E-state index contributed by atoms with van der Waals surface area (Å²) in [5.41, 5.74) is 3.92. The zero-order chi connectivity index (χ0) is 32.8. The van der Waals surface area contributed by atoms with Crippen LogP contribution in [0.2, 0.25) is 0 Å². The van der Waals surface area contributed by atoms with Gasteiger partial charge in [0.25, 0.3) is 0 Å². The molecule has 248 valence electrons. The van der Waals surface area contributed by atoms with E-state index in [0.717, 1.165) is 44.9 Å². The Kier molecular flexibility index (Phi) is 7.73. The van der Waals surface area contributed by atoms with Gasteiger partial charge in [0.1, 0.15) is 6.04 Å². The van der Waals surface area contributed by atoms with Crippen molar-refractivity contribution in [3.05, 3.63) is 35.4 Å². The number of amides is 1. The Balaban J connectivity index is 1.40. The second-order valence-electron chi connectivity index (χ2n) is 18.3. The second-order valence-corrected chi connectivity index (χ2v) is 18.3. The summed E-state index contributed by atoms with van der Waals surface area (Å²) in [6, 6.07) is -0.598. The molecule has 0 aliphatic heterocycles. The van der Waals surface area contributed by atoms with E-state index >= 15 is 0 Å². The molecule has 0 saturated heterocycles. The number of methoxy groups -OCH3 is 1. The number of aromatic nitrogens is 2. The molecular formula is C39H59N3O3. The van der Waals surface area contributed by atoms with Crippen LogP contribution >= 0.6 is 0 Å². The molecule has 6 heteroatoms. The van der Waals surface area contributed by atoms with Gasteiger partial charge in [0.15, 0.2) is 0 Å². The van der Waals surface area contributed by atoms with E-state index < -0.39 is 11.5 Å². The first kappa shape index (κ1) is 32.7. The SMILES string of the molecule is COC(=O)[C@H](CC(C)C)NC(=O)[C@]12CCC(C)(C)C[C@H]1C1=CC[C@@H]3[C@@]4(C)Cc5nccnc5C(C)(C)[C@@H]4CC[C@@]3(C)[C@]1(C)CC2. The molecule has 1 N–H and O–H groups in total. The van der Waals surface area contributed by atoms with Crippen LogP contribution in [0.15, 0.2) is 24.0 Å². The van der Waals surface area contributed by atoms with Crippen LogP contribution in [0.3, 0.4) is 0 Å². The van der Waals surface area contributed by atoms with E-state index in [0.29, 0.717) is 18.3 Å². The summed E-state index contributed by atoms with van der Waals surface area (Å²) < 4.78 is 5.16. The number of hydrogen-bond acceptors (Lipinski definition) is 5. The van der Waals surface area contributed by atoms with Crippen molar-refractivity contribution < 1.29 is 14.3 Å². The topological polar surface area (TPSA) is 81.2 Å². The fourth-order valence-electron chi connectivity index (χ4n) is 12.1. The van der Waals surface area contributed by atoms with E-state index in [9.17, 15) is 9.59 Å². The van der Waals surface area contributed by atoms with Crippen molar-refractivity contribution in [2.75, 3.05) is 7.11 Å². The van der Waals surface area contributed by atoms with Crippen molar-refractivity contribution in [3.63, 3.8) is 0 Å². The largest absolute Gasteiger partial charge is 0.467 e. The Morgan fingerprint density at radius 1 is 0.956 bits per heavy atom. The number of ether oxygens (including phenoxy) is 1. The molecule has 1 heterocycles. The molecule has 3 saturated carbocycles. The van der Waals surface area contributed by atoms with E-state index in [2.05, 4.69) is 73.7 Å². The predicted octanol–water partition coefficient (Wildman–Crippen LogP) is 8.00. The van der Waals surface area contributed by atoms with Crippen molar-refractivity contribution in [1.29, 1.82) is 0 Å². The van der Waals surface area contributed by atoms with Gasteiger partial charge in [-0.25, -0.2) is 4.79 Å². The van der Waals surface area contributed by atoms with E-state index in [1.807, 2.05) is 12.4 Å². The molecule has 8 atom stereocenters. The van der Waals surface area contributed by atoms with E-state index in [1.54, 1.807) is 5.57 Å². The first-order chi connectivity index (χ1) is 20.9. The third-order valence-electron chi connectivity index (χ3n) is 14.7. The number of allylic oxidation sites excluding steroid dienone is 2. The van der Waals surface area contributed by atoms with Gasteiger partial charge in [0.05, 0.1) is 23.9 Å². The summed E-state index contributed by atoms with van der Waals surface area (Å²) in [4.78, 5) is 37.2. The van der Waals surface area contributed by atoms with Crippen LogP contribution in [-0.2, 0) is 26.2 Å². The number of nitrogens with zero attached hydrogens (tertiary/aromatic N) is 2. The van der Waals surface area contributed by atoms with Crippen LogP contribution in [0, 0.1) is 50.7 Å². The lowest BCUT2D eigenvalue weighted by atomic mass is 9.33.